The minimum Gasteiger partial charge on any atom is -0.471 e. The highest BCUT2D eigenvalue weighted by molar-refractivity contribution is 6.30. The minimum atomic E-state index is -0.448. The number of rotatable bonds is 4. The van der Waals surface area contributed by atoms with Crippen molar-refractivity contribution in [2.45, 2.75) is 6.73 Å². The Balaban J connectivity index is 1.98. The Hall–Kier alpha value is -2.05. The monoisotopic (exact) mass is 266 g/mol. The lowest BCUT2D eigenvalue weighted by atomic mass is 10.3. The molecule has 2 rings (SSSR count). The van der Waals surface area contributed by atoms with Crippen LogP contribution in [-0.2, 0) is 6.73 Å². The maximum Gasteiger partial charge on any atom is 0.285 e. The van der Waals surface area contributed by atoms with Crippen molar-refractivity contribution in [1.82, 2.24) is 15.2 Å². The first kappa shape index (κ1) is 12.4. The number of ether oxygens (including phenoxy) is 1. The highest BCUT2D eigenvalue weighted by Gasteiger charge is 2.07. The summed E-state index contributed by atoms with van der Waals surface area (Å²) >= 11 is 5.82. The molecule has 7 heteroatoms. The molecule has 3 N–H and O–H groups in total. The number of hydrogen-bond acceptors (Lipinski definition) is 4. The Morgan fingerprint density at radius 2 is 2.33 bits per heavy atom. The Kier molecular flexibility index (Phi) is 3.81. The van der Waals surface area contributed by atoms with E-state index in [1.54, 1.807) is 36.5 Å². The molecule has 0 spiro atoms. The van der Waals surface area contributed by atoms with Crippen molar-refractivity contribution in [3.63, 3.8) is 0 Å². The summed E-state index contributed by atoms with van der Waals surface area (Å²) < 4.78 is 6.93. The summed E-state index contributed by atoms with van der Waals surface area (Å²) in [6.07, 6.45) is 1.62. The van der Waals surface area contributed by atoms with E-state index in [-0.39, 0.29) is 12.4 Å². The van der Waals surface area contributed by atoms with Crippen LogP contribution in [0.1, 0.15) is 10.5 Å². The molecule has 1 aromatic carbocycles. The molecular weight excluding hydrogens is 256 g/mol. The second-order valence-electron chi connectivity index (χ2n) is 3.44. The van der Waals surface area contributed by atoms with Gasteiger partial charge in [-0.05, 0) is 24.3 Å². The van der Waals surface area contributed by atoms with E-state index in [1.165, 1.54) is 4.68 Å². The number of benzene rings is 1. The highest BCUT2D eigenvalue weighted by atomic mass is 35.5. The molecule has 18 heavy (non-hydrogen) atoms. The van der Waals surface area contributed by atoms with Gasteiger partial charge < -0.3 is 4.74 Å². The molecule has 6 nitrogen and oxygen atoms in total. The molecule has 0 bridgehead atoms. The number of nitrogens with one attached hydrogen (secondary N) is 1. The van der Waals surface area contributed by atoms with Crippen molar-refractivity contribution in [3.8, 4) is 5.75 Å². The molecule has 0 fully saturated rings. The molecule has 0 aliphatic carbocycles. The smallest absolute Gasteiger partial charge is 0.285 e. The number of aromatic nitrogens is 2. The molecule has 0 saturated carbocycles. The van der Waals surface area contributed by atoms with Gasteiger partial charge in [0.2, 0.25) is 0 Å². The van der Waals surface area contributed by atoms with Crippen molar-refractivity contribution >= 4 is 17.5 Å². The van der Waals surface area contributed by atoms with Crippen LogP contribution < -0.4 is 16.0 Å². The van der Waals surface area contributed by atoms with Crippen LogP contribution in [0.25, 0.3) is 0 Å². The van der Waals surface area contributed by atoms with Crippen LogP contribution in [0.15, 0.2) is 36.5 Å². The Morgan fingerprint density at radius 3 is 3.06 bits per heavy atom. The molecule has 1 heterocycles. The summed E-state index contributed by atoms with van der Waals surface area (Å²) in [5.74, 6) is 5.18. The van der Waals surface area contributed by atoms with E-state index in [4.69, 9.17) is 22.2 Å². The van der Waals surface area contributed by atoms with Gasteiger partial charge in [-0.1, -0.05) is 17.7 Å². The fraction of sp³-hybridized carbons (Fsp3) is 0.0909. The van der Waals surface area contributed by atoms with Gasteiger partial charge in [0.15, 0.2) is 12.4 Å². The van der Waals surface area contributed by atoms with Crippen LogP contribution in [0.2, 0.25) is 5.02 Å². The molecule has 0 radical (unpaired) electrons. The van der Waals surface area contributed by atoms with Crippen molar-refractivity contribution in [3.05, 3.63) is 47.2 Å². The van der Waals surface area contributed by atoms with Gasteiger partial charge in [-0.15, -0.1) is 0 Å². The van der Waals surface area contributed by atoms with Crippen LogP contribution in [0.5, 0.6) is 5.75 Å². The van der Waals surface area contributed by atoms with E-state index in [9.17, 15) is 4.79 Å². The molecule has 0 saturated heterocycles. The number of nitrogen functional groups attached to an aromatic ring is 1. The van der Waals surface area contributed by atoms with E-state index >= 15 is 0 Å². The first-order valence-electron chi connectivity index (χ1n) is 5.12. The normalized spacial score (nSPS) is 10.1. The van der Waals surface area contributed by atoms with Crippen molar-refractivity contribution < 1.29 is 9.53 Å². The predicted octanol–water partition coefficient (Wildman–Crippen LogP) is 1.18. The van der Waals surface area contributed by atoms with Crippen LogP contribution in [0, 0.1) is 0 Å². The maximum atomic E-state index is 11.2. The van der Waals surface area contributed by atoms with Gasteiger partial charge in [0.1, 0.15) is 5.75 Å². The number of nitrogens with two attached hydrogens (primary N) is 1. The zero-order valence-electron chi connectivity index (χ0n) is 9.34. The maximum absolute atomic E-state index is 11.2. The van der Waals surface area contributed by atoms with E-state index in [0.29, 0.717) is 10.8 Å². The van der Waals surface area contributed by atoms with Gasteiger partial charge in [-0.3, -0.25) is 10.2 Å². The van der Waals surface area contributed by atoms with Crippen molar-refractivity contribution in [1.29, 1.82) is 0 Å². The molecule has 2 aromatic rings. The summed E-state index contributed by atoms with van der Waals surface area (Å²) in [4.78, 5) is 11.2. The number of carbonyl (C=O) groups excluding carboxylic acids is 1. The van der Waals surface area contributed by atoms with Gasteiger partial charge in [0, 0.05) is 11.2 Å². The molecular formula is C11H11ClN4O2. The standard InChI is InChI=1S/C11H11ClN4O2/c12-8-2-1-3-9(6-8)18-7-16-5-4-10(15-16)11(17)14-13/h1-6H,7,13H2,(H,14,17). The molecule has 94 valence electrons. The van der Waals surface area contributed by atoms with E-state index in [0.717, 1.165) is 0 Å². The quantitative estimate of drug-likeness (QED) is 0.495. The lowest BCUT2D eigenvalue weighted by Crippen LogP contribution is -2.30. The number of amides is 1. The van der Waals surface area contributed by atoms with Gasteiger partial charge in [-0.2, -0.15) is 5.10 Å². The molecule has 0 aliphatic heterocycles. The SMILES string of the molecule is NNC(=O)c1ccn(COc2cccc(Cl)c2)n1. The fourth-order valence-electron chi connectivity index (χ4n) is 1.33. The van der Waals surface area contributed by atoms with Crippen LogP contribution in [0.3, 0.4) is 0 Å². The van der Waals surface area contributed by atoms with E-state index < -0.39 is 5.91 Å². The molecule has 1 aromatic heterocycles. The summed E-state index contributed by atoms with van der Waals surface area (Å²) in [5, 5.41) is 4.58. The first-order valence-corrected chi connectivity index (χ1v) is 5.49. The second-order valence-corrected chi connectivity index (χ2v) is 3.88. The zero-order chi connectivity index (χ0) is 13.0. The topological polar surface area (TPSA) is 82.2 Å². The summed E-state index contributed by atoms with van der Waals surface area (Å²) in [5.41, 5.74) is 2.23. The van der Waals surface area contributed by atoms with Gasteiger partial charge >= 0.3 is 0 Å². The molecule has 1 amide bonds. The number of carbonyl (C=O) groups is 1. The third-order valence-corrected chi connectivity index (χ3v) is 2.40. The average molecular weight is 267 g/mol. The van der Waals surface area contributed by atoms with Crippen LogP contribution >= 0.6 is 11.6 Å². The number of halogens is 1. The highest BCUT2D eigenvalue weighted by Crippen LogP contribution is 2.17. The van der Waals surface area contributed by atoms with Crippen molar-refractivity contribution in [2.75, 3.05) is 0 Å². The Morgan fingerprint density at radius 1 is 1.50 bits per heavy atom. The number of hydrogen-bond donors (Lipinski definition) is 2. The van der Waals surface area contributed by atoms with E-state index in [1.807, 2.05) is 5.43 Å². The largest absolute Gasteiger partial charge is 0.471 e. The first-order chi connectivity index (χ1) is 8.69. The Bertz CT molecular complexity index is 555. The average Bonchev–Trinajstić information content (AvgIpc) is 2.84. The summed E-state index contributed by atoms with van der Waals surface area (Å²) in [6.45, 7) is 0.179. The molecule has 0 unspecified atom stereocenters. The minimum absolute atomic E-state index is 0.179. The second kappa shape index (κ2) is 5.52. The van der Waals surface area contributed by atoms with E-state index in [2.05, 4.69) is 5.10 Å². The Labute approximate surface area is 108 Å². The molecule has 0 aliphatic rings. The summed E-state index contributed by atoms with van der Waals surface area (Å²) in [6, 6.07) is 8.56. The third-order valence-electron chi connectivity index (χ3n) is 2.16. The third kappa shape index (κ3) is 2.99. The zero-order valence-corrected chi connectivity index (χ0v) is 10.1. The van der Waals surface area contributed by atoms with Crippen LogP contribution in [-0.4, -0.2) is 15.7 Å². The summed E-state index contributed by atoms with van der Waals surface area (Å²) in [7, 11) is 0. The number of nitrogens with zero attached hydrogens (tertiary/aromatic N) is 2. The lowest BCUT2D eigenvalue weighted by Gasteiger charge is -2.06. The molecule has 0 atom stereocenters. The van der Waals surface area contributed by atoms with Gasteiger partial charge in [-0.25, -0.2) is 10.5 Å². The number of hydrazine groups is 1. The van der Waals surface area contributed by atoms with Gasteiger partial charge in [0.05, 0.1) is 0 Å². The predicted molar refractivity (Wildman–Crippen MR) is 66.0 cm³/mol. The fourth-order valence-corrected chi connectivity index (χ4v) is 1.51. The van der Waals surface area contributed by atoms with Gasteiger partial charge in [0.25, 0.3) is 5.91 Å². The lowest BCUT2D eigenvalue weighted by molar-refractivity contribution is 0.0946. The van der Waals surface area contributed by atoms with Crippen LogP contribution in [0.4, 0.5) is 0 Å². The van der Waals surface area contributed by atoms with Crippen molar-refractivity contribution in [2.24, 2.45) is 5.84 Å².